The number of carbonyl (C=O) groups excluding carboxylic acids is 3. The summed E-state index contributed by atoms with van der Waals surface area (Å²) in [7, 11) is 0. The number of anilines is 1. The second-order valence-corrected chi connectivity index (χ2v) is 9.44. The average Bonchev–Trinajstić information content (AvgIpc) is 2.84. The molecule has 0 atom stereocenters. The molecule has 0 aliphatic carbocycles. The maximum Gasteiger partial charge on any atom is 0.335 e. The largest absolute Gasteiger partial charge is 0.508 e. The Labute approximate surface area is 230 Å². The lowest BCUT2D eigenvalue weighted by molar-refractivity contribution is -0.122. The monoisotopic (exact) mass is 604 g/mol. The Kier molecular flexibility index (Phi) is 8.06. The zero-order valence-electron chi connectivity index (χ0n) is 19.3. The van der Waals surface area contributed by atoms with Crippen molar-refractivity contribution in [1.29, 1.82) is 0 Å². The molecule has 37 heavy (non-hydrogen) atoms. The smallest absolute Gasteiger partial charge is 0.335 e. The highest BCUT2D eigenvalue weighted by Crippen LogP contribution is 2.38. The molecule has 1 fully saturated rings. The Bertz CT molecular complexity index is 1430. The molecule has 4 amide bonds. The third-order valence-electron chi connectivity index (χ3n) is 5.22. The van der Waals surface area contributed by atoms with Crippen LogP contribution in [0.3, 0.4) is 0 Å². The molecule has 4 rings (SSSR count). The molecule has 3 aromatic rings. The predicted molar refractivity (Wildman–Crippen MR) is 143 cm³/mol. The summed E-state index contributed by atoms with van der Waals surface area (Å²) in [5.41, 5.74) is 1.18. The van der Waals surface area contributed by atoms with Gasteiger partial charge in [-0.25, -0.2) is 9.69 Å². The summed E-state index contributed by atoms with van der Waals surface area (Å²) in [5, 5.41) is 12.5. The van der Waals surface area contributed by atoms with E-state index in [0.29, 0.717) is 38.2 Å². The highest BCUT2D eigenvalue weighted by Gasteiger charge is 2.36. The highest BCUT2D eigenvalue weighted by atomic mass is 79.9. The maximum absolute atomic E-state index is 13.1. The van der Waals surface area contributed by atoms with Crippen LogP contribution in [0.15, 0.2) is 64.6 Å². The zero-order valence-corrected chi connectivity index (χ0v) is 22.4. The van der Waals surface area contributed by atoms with Gasteiger partial charge in [-0.15, -0.1) is 0 Å². The number of rotatable bonds is 7. The van der Waals surface area contributed by atoms with Gasteiger partial charge in [0.05, 0.1) is 26.8 Å². The number of nitrogens with one attached hydrogen (secondary N) is 1. The van der Waals surface area contributed by atoms with E-state index in [0.717, 1.165) is 10.5 Å². The topological polar surface area (TPSA) is 105 Å². The van der Waals surface area contributed by atoms with E-state index in [9.17, 15) is 19.5 Å². The Hall–Kier alpha value is -3.53. The summed E-state index contributed by atoms with van der Waals surface area (Å²) >= 11 is 15.5. The number of phenolic OH excluding ortho intramolecular Hbond substituents is 1. The van der Waals surface area contributed by atoms with Gasteiger partial charge >= 0.3 is 6.03 Å². The van der Waals surface area contributed by atoms with Crippen LogP contribution in [0.4, 0.5) is 10.5 Å². The van der Waals surface area contributed by atoms with Gasteiger partial charge in [0.15, 0.2) is 11.5 Å². The SMILES string of the molecule is CCOc1cc(/C=C2\C(=O)NC(=O)N(c3ccc(O)cc3)C2=O)cc(Br)c1OCc1ccc(Cl)c(Cl)c1. The third kappa shape index (κ3) is 5.90. The molecular weight excluding hydrogens is 587 g/mol. The van der Waals surface area contributed by atoms with Crippen molar-refractivity contribution in [3.8, 4) is 17.2 Å². The van der Waals surface area contributed by atoms with E-state index < -0.39 is 17.8 Å². The van der Waals surface area contributed by atoms with Crippen molar-refractivity contribution in [2.45, 2.75) is 13.5 Å². The number of phenols is 1. The minimum absolute atomic E-state index is 0.0322. The van der Waals surface area contributed by atoms with Crippen LogP contribution in [0.5, 0.6) is 17.2 Å². The number of urea groups is 1. The molecule has 0 unspecified atom stereocenters. The van der Waals surface area contributed by atoms with Gasteiger partial charge in [0.1, 0.15) is 17.9 Å². The van der Waals surface area contributed by atoms with Crippen LogP contribution < -0.4 is 19.7 Å². The van der Waals surface area contributed by atoms with E-state index in [1.807, 2.05) is 0 Å². The molecule has 1 aliphatic heterocycles. The predicted octanol–water partition coefficient (Wildman–Crippen LogP) is 6.11. The van der Waals surface area contributed by atoms with Crippen LogP contribution >= 0.6 is 39.1 Å². The van der Waals surface area contributed by atoms with Crippen LogP contribution in [0, 0.1) is 0 Å². The number of imide groups is 2. The molecule has 1 aliphatic rings. The van der Waals surface area contributed by atoms with Gasteiger partial charge in [-0.1, -0.05) is 29.3 Å². The summed E-state index contributed by atoms with van der Waals surface area (Å²) in [6.45, 7) is 2.32. The molecule has 0 spiro atoms. The standard InChI is InChI=1S/C26H19BrCl2N2O6/c1-2-36-22-12-15(10-19(27)23(22)37-13-14-3-8-20(28)21(29)11-14)9-18-24(33)30-26(35)31(25(18)34)16-4-6-17(32)7-5-16/h3-12,32H,2,13H2,1H3,(H,30,33,35)/b18-9+. The molecule has 1 heterocycles. The van der Waals surface area contributed by atoms with Crippen molar-refractivity contribution in [1.82, 2.24) is 5.32 Å². The van der Waals surface area contributed by atoms with Gasteiger partial charge in [0.25, 0.3) is 11.8 Å². The van der Waals surface area contributed by atoms with Crippen LogP contribution in [0.2, 0.25) is 10.0 Å². The first kappa shape index (κ1) is 26.5. The quantitative estimate of drug-likeness (QED) is 0.249. The Balaban J connectivity index is 1.65. The number of halogens is 3. The van der Waals surface area contributed by atoms with Gasteiger partial charge in [-0.05, 0) is 88.6 Å². The lowest BCUT2D eigenvalue weighted by Crippen LogP contribution is -2.54. The molecular formula is C26H19BrCl2N2O6. The number of benzene rings is 3. The van der Waals surface area contributed by atoms with E-state index in [1.54, 1.807) is 37.3 Å². The Morgan fingerprint density at radius 2 is 1.73 bits per heavy atom. The first-order valence-electron chi connectivity index (χ1n) is 10.9. The van der Waals surface area contributed by atoms with Crippen molar-refractivity contribution in [3.05, 3.63) is 85.8 Å². The van der Waals surface area contributed by atoms with Crippen molar-refractivity contribution in [2.24, 2.45) is 0 Å². The fourth-order valence-corrected chi connectivity index (χ4v) is 4.41. The molecule has 0 saturated carbocycles. The summed E-state index contributed by atoms with van der Waals surface area (Å²) in [5.74, 6) is -0.892. The lowest BCUT2D eigenvalue weighted by atomic mass is 10.1. The Morgan fingerprint density at radius 3 is 2.41 bits per heavy atom. The first-order chi connectivity index (χ1) is 17.7. The first-order valence-corrected chi connectivity index (χ1v) is 12.5. The molecule has 3 aromatic carbocycles. The van der Waals surface area contributed by atoms with Gasteiger partial charge in [-0.3, -0.25) is 14.9 Å². The van der Waals surface area contributed by atoms with E-state index in [4.69, 9.17) is 32.7 Å². The Morgan fingerprint density at radius 1 is 1.00 bits per heavy atom. The van der Waals surface area contributed by atoms with Crippen molar-refractivity contribution < 1.29 is 29.0 Å². The molecule has 0 aromatic heterocycles. The normalized spacial score (nSPS) is 14.6. The number of hydrogen-bond acceptors (Lipinski definition) is 6. The number of aromatic hydroxyl groups is 1. The summed E-state index contributed by atoms with van der Waals surface area (Å²) in [6.07, 6.45) is 1.35. The van der Waals surface area contributed by atoms with Crippen molar-refractivity contribution >= 4 is 68.7 Å². The lowest BCUT2D eigenvalue weighted by Gasteiger charge is -2.26. The summed E-state index contributed by atoms with van der Waals surface area (Å²) in [6, 6.07) is 13.0. The molecule has 2 N–H and O–H groups in total. The van der Waals surface area contributed by atoms with Gasteiger partial charge in [-0.2, -0.15) is 0 Å². The van der Waals surface area contributed by atoms with E-state index in [-0.39, 0.29) is 23.6 Å². The molecule has 11 heteroatoms. The number of amides is 4. The number of nitrogens with zero attached hydrogens (tertiary/aromatic N) is 1. The summed E-state index contributed by atoms with van der Waals surface area (Å²) < 4.78 is 12.2. The van der Waals surface area contributed by atoms with Crippen molar-refractivity contribution in [3.63, 3.8) is 0 Å². The van der Waals surface area contributed by atoms with Gasteiger partial charge in [0.2, 0.25) is 0 Å². The molecule has 190 valence electrons. The van der Waals surface area contributed by atoms with Crippen LogP contribution in [-0.2, 0) is 16.2 Å². The van der Waals surface area contributed by atoms with Gasteiger partial charge in [0, 0.05) is 0 Å². The number of carbonyl (C=O) groups is 3. The van der Waals surface area contributed by atoms with Crippen molar-refractivity contribution in [2.75, 3.05) is 11.5 Å². The molecule has 0 bridgehead atoms. The van der Waals surface area contributed by atoms with E-state index in [2.05, 4.69) is 21.2 Å². The zero-order chi connectivity index (χ0) is 26.7. The molecule has 0 radical (unpaired) electrons. The average molecular weight is 606 g/mol. The third-order valence-corrected chi connectivity index (χ3v) is 6.55. The fraction of sp³-hybridized carbons (Fsp3) is 0.115. The van der Waals surface area contributed by atoms with Gasteiger partial charge < -0.3 is 14.6 Å². The second-order valence-electron chi connectivity index (χ2n) is 7.77. The minimum atomic E-state index is -0.889. The van der Waals surface area contributed by atoms with Crippen LogP contribution in [0.25, 0.3) is 6.08 Å². The van der Waals surface area contributed by atoms with E-state index >= 15 is 0 Å². The summed E-state index contributed by atoms with van der Waals surface area (Å²) in [4.78, 5) is 38.9. The fourth-order valence-electron chi connectivity index (χ4n) is 3.52. The number of ether oxygens (including phenoxy) is 2. The molecule has 8 nitrogen and oxygen atoms in total. The van der Waals surface area contributed by atoms with E-state index in [1.165, 1.54) is 30.3 Å². The second kappa shape index (κ2) is 11.2. The maximum atomic E-state index is 13.1. The number of hydrogen-bond donors (Lipinski definition) is 2. The van der Waals surface area contributed by atoms with Crippen LogP contribution in [0.1, 0.15) is 18.1 Å². The number of barbiturate groups is 1. The molecule has 1 saturated heterocycles. The highest BCUT2D eigenvalue weighted by molar-refractivity contribution is 9.10. The minimum Gasteiger partial charge on any atom is -0.508 e. The van der Waals surface area contributed by atoms with Crippen LogP contribution in [-0.4, -0.2) is 29.6 Å².